The number of hydrogen-bond donors (Lipinski definition) is 2. The molecule has 3 rings (SSSR count). The summed E-state index contributed by atoms with van der Waals surface area (Å²) < 4.78 is 10.5. The van der Waals surface area contributed by atoms with E-state index in [1.54, 1.807) is 0 Å². The van der Waals surface area contributed by atoms with Gasteiger partial charge in [0.05, 0.1) is 13.1 Å². The minimum absolute atomic E-state index is 0.193. The molecule has 4 N–H and O–H groups in total. The quantitative estimate of drug-likeness (QED) is 0.789. The van der Waals surface area contributed by atoms with Crippen molar-refractivity contribution >= 4 is 0 Å². The average molecular weight is 284 g/mol. The van der Waals surface area contributed by atoms with Gasteiger partial charge in [0.2, 0.25) is 0 Å². The Hall–Kier alpha value is -0.560. The zero-order chi connectivity index (χ0) is 14.3. The van der Waals surface area contributed by atoms with Crippen LogP contribution in [-0.2, 0) is 9.47 Å². The molecule has 6 nitrogen and oxygen atoms in total. The lowest BCUT2D eigenvalue weighted by atomic mass is 9.80. The maximum atomic E-state index is 5.61. The lowest BCUT2D eigenvalue weighted by molar-refractivity contribution is 0.0233. The molecule has 0 aliphatic carbocycles. The fourth-order valence-electron chi connectivity index (χ4n) is 2.87. The number of nitrogens with two attached hydrogens (primary N) is 2. The van der Waals surface area contributed by atoms with Crippen LogP contribution in [0.5, 0.6) is 0 Å². The summed E-state index contributed by atoms with van der Waals surface area (Å²) in [7, 11) is 0. The second-order valence-corrected chi connectivity index (χ2v) is 6.23. The van der Waals surface area contributed by atoms with Gasteiger partial charge in [-0.25, -0.2) is 0 Å². The molecular weight excluding hydrogens is 256 g/mol. The van der Waals surface area contributed by atoms with Gasteiger partial charge in [-0.05, 0) is 44.2 Å². The normalized spacial score (nSPS) is 27.1. The van der Waals surface area contributed by atoms with Crippen molar-refractivity contribution in [3.8, 4) is 0 Å². The van der Waals surface area contributed by atoms with Crippen LogP contribution in [-0.4, -0.2) is 52.6 Å². The Kier molecular flexibility index (Phi) is 5.89. The summed E-state index contributed by atoms with van der Waals surface area (Å²) in [5.74, 6) is 0. The molecule has 20 heavy (non-hydrogen) atoms. The van der Waals surface area contributed by atoms with Gasteiger partial charge in [0.25, 0.3) is 0 Å². The predicted molar refractivity (Wildman–Crippen MR) is 77.7 cm³/mol. The molecule has 6 heteroatoms. The molecule has 2 fully saturated rings. The van der Waals surface area contributed by atoms with Crippen molar-refractivity contribution < 1.29 is 9.47 Å². The van der Waals surface area contributed by atoms with E-state index < -0.39 is 0 Å². The molecule has 0 bridgehead atoms. The molecular formula is C14H28N4O2. The Balaban J connectivity index is 0.000000147. The molecule has 0 saturated carbocycles. The van der Waals surface area contributed by atoms with Crippen molar-refractivity contribution in [3.63, 3.8) is 0 Å². The van der Waals surface area contributed by atoms with Crippen LogP contribution in [0.4, 0.5) is 0 Å². The van der Waals surface area contributed by atoms with Crippen molar-refractivity contribution in [1.82, 2.24) is 0 Å². The number of hydrogen-bond acceptors (Lipinski definition) is 6. The second kappa shape index (κ2) is 7.45. The van der Waals surface area contributed by atoms with E-state index in [1.807, 2.05) is 0 Å². The molecule has 0 aromatic carbocycles. The van der Waals surface area contributed by atoms with Gasteiger partial charge in [-0.15, -0.1) is 0 Å². The minimum atomic E-state index is 0.193. The highest BCUT2D eigenvalue weighted by molar-refractivity contribution is 4.88. The smallest absolute Gasteiger partial charge is 0.0675 e. The van der Waals surface area contributed by atoms with Crippen LogP contribution in [0.3, 0.4) is 0 Å². The van der Waals surface area contributed by atoms with Gasteiger partial charge >= 0.3 is 0 Å². The van der Waals surface area contributed by atoms with Crippen molar-refractivity contribution in [2.75, 3.05) is 52.6 Å². The predicted octanol–water partition coefficient (Wildman–Crippen LogP) is 0.950. The molecule has 0 aromatic rings. The van der Waals surface area contributed by atoms with Crippen LogP contribution in [0.15, 0.2) is 10.2 Å². The lowest BCUT2D eigenvalue weighted by Gasteiger charge is -2.34. The molecule has 3 aliphatic heterocycles. The number of ether oxygens (including phenoxy) is 2. The Bertz CT molecular complexity index is 282. The van der Waals surface area contributed by atoms with E-state index in [0.717, 1.165) is 65.2 Å². The molecule has 1 spiro atoms. The Morgan fingerprint density at radius 3 is 1.60 bits per heavy atom. The van der Waals surface area contributed by atoms with E-state index in [4.69, 9.17) is 20.9 Å². The molecule has 3 heterocycles. The Labute approximate surface area is 121 Å². The third-order valence-electron chi connectivity index (χ3n) is 4.89. The summed E-state index contributed by atoms with van der Waals surface area (Å²) in [5, 5.41) is 8.06. The fraction of sp³-hybridized carbons (Fsp3) is 1.00. The van der Waals surface area contributed by atoms with E-state index in [1.165, 1.54) is 0 Å². The molecule has 0 unspecified atom stereocenters. The van der Waals surface area contributed by atoms with E-state index in [-0.39, 0.29) is 5.41 Å². The third kappa shape index (κ3) is 3.97. The maximum absolute atomic E-state index is 5.61. The SMILES string of the molecule is C1CC2(CCO1)CN=NC2.NCC1(CN)CCOCC1. The highest BCUT2D eigenvalue weighted by Gasteiger charge is 2.35. The molecule has 0 atom stereocenters. The summed E-state index contributed by atoms with van der Waals surface area (Å²) in [6.45, 7) is 6.76. The molecule has 0 aromatic heterocycles. The highest BCUT2D eigenvalue weighted by Crippen LogP contribution is 2.34. The van der Waals surface area contributed by atoms with Gasteiger partial charge in [0.1, 0.15) is 0 Å². The van der Waals surface area contributed by atoms with Gasteiger partial charge in [-0.2, -0.15) is 10.2 Å². The first kappa shape index (κ1) is 15.8. The number of rotatable bonds is 2. The Morgan fingerprint density at radius 1 is 0.750 bits per heavy atom. The van der Waals surface area contributed by atoms with Crippen molar-refractivity contribution in [2.45, 2.75) is 25.7 Å². The molecule has 3 aliphatic rings. The van der Waals surface area contributed by atoms with E-state index in [2.05, 4.69) is 10.2 Å². The van der Waals surface area contributed by atoms with Crippen LogP contribution >= 0.6 is 0 Å². The summed E-state index contributed by atoms with van der Waals surface area (Å²) in [4.78, 5) is 0. The molecule has 0 amide bonds. The van der Waals surface area contributed by atoms with E-state index in [9.17, 15) is 0 Å². The Morgan fingerprint density at radius 2 is 1.20 bits per heavy atom. The minimum Gasteiger partial charge on any atom is -0.381 e. The van der Waals surface area contributed by atoms with Crippen LogP contribution in [0.25, 0.3) is 0 Å². The van der Waals surface area contributed by atoms with Crippen molar-refractivity contribution in [1.29, 1.82) is 0 Å². The summed E-state index contributed by atoms with van der Waals surface area (Å²) in [6, 6.07) is 0. The summed E-state index contributed by atoms with van der Waals surface area (Å²) in [5.41, 5.74) is 11.8. The van der Waals surface area contributed by atoms with E-state index >= 15 is 0 Å². The largest absolute Gasteiger partial charge is 0.381 e. The zero-order valence-electron chi connectivity index (χ0n) is 12.4. The summed E-state index contributed by atoms with van der Waals surface area (Å²) >= 11 is 0. The topological polar surface area (TPSA) is 95.2 Å². The van der Waals surface area contributed by atoms with Crippen LogP contribution < -0.4 is 11.5 Å². The van der Waals surface area contributed by atoms with Crippen LogP contribution in [0.2, 0.25) is 0 Å². The lowest BCUT2D eigenvalue weighted by Crippen LogP contribution is -2.42. The van der Waals surface area contributed by atoms with Gasteiger partial charge in [-0.3, -0.25) is 0 Å². The first-order valence-electron chi connectivity index (χ1n) is 7.63. The van der Waals surface area contributed by atoms with Crippen LogP contribution in [0.1, 0.15) is 25.7 Å². The van der Waals surface area contributed by atoms with Gasteiger partial charge < -0.3 is 20.9 Å². The van der Waals surface area contributed by atoms with Gasteiger partial charge in [0.15, 0.2) is 0 Å². The van der Waals surface area contributed by atoms with Crippen molar-refractivity contribution in [3.05, 3.63) is 0 Å². The highest BCUT2D eigenvalue weighted by atomic mass is 16.5. The van der Waals surface area contributed by atoms with Crippen molar-refractivity contribution in [2.24, 2.45) is 32.5 Å². The van der Waals surface area contributed by atoms with Gasteiger partial charge in [-0.1, -0.05) is 0 Å². The molecule has 116 valence electrons. The van der Waals surface area contributed by atoms with E-state index in [0.29, 0.717) is 18.5 Å². The monoisotopic (exact) mass is 284 g/mol. The number of nitrogens with zero attached hydrogens (tertiary/aromatic N) is 2. The molecule has 2 saturated heterocycles. The maximum Gasteiger partial charge on any atom is 0.0675 e. The first-order valence-corrected chi connectivity index (χ1v) is 7.63. The molecule has 0 radical (unpaired) electrons. The third-order valence-corrected chi connectivity index (χ3v) is 4.89. The summed E-state index contributed by atoms with van der Waals surface area (Å²) in [6.07, 6.45) is 4.36. The zero-order valence-corrected chi connectivity index (χ0v) is 12.4. The number of azo groups is 1. The first-order chi connectivity index (χ1) is 9.74. The van der Waals surface area contributed by atoms with Gasteiger partial charge in [0, 0.05) is 31.8 Å². The fourth-order valence-corrected chi connectivity index (χ4v) is 2.87. The van der Waals surface area contributed by atoms with Crippen LogP contribution in [0, 0.1) is 10.8 Å². The second-order valence-electron chi connectivity index (χ2n) is 6.23. The average Bonchev–Trinajstić information content (AvgIpc) is 2.97. The standard InChI is InChI=1S/C7H12N2O.C7H16N2O/c1-3-10-4-2-7(1)5-8-9-6-7;8-5-7(6-9)1-3-10-4-2-7/h1-6H2;1-6,8-9H2.